The molecule has 1 unspecified atom stereocenters. The van der Waals surface area contributed by atoms with E-state index in [1.807, 2.05) is 0 Å². The van der Waals surface area contributed by atoms with Gasteiger partial charge < -0.3 is 20.9 Å². The van der Waals surface area contributed by atoms with Gasteiger partial charge in [-0.1, -0.05) is 13.5 Å². The molecule has 9 nitrogen and oxygen atoms in total. The molecule has 3 atom stereocenters. The molecular weight excluding hydrogens is 420 g/mol. The molecule has 31 heavy (non-hydrogen) atoms. The smallest absolute Gasteiger partial charge is 0.242 e. The lowest BCUT2D eigenvalue weighted by Gasteiger charge is -2.18. The highest BCUT2D eigenvalue weighted by Gasteiger charge is 2.31. The van der Waals surface area contributed by atoms with E-state index in [-0.39, 0.29) is 41.6 Å². The average Bonchev–Trinajstić information content (AvgIpc) is 2.96. The lowest BCUT2D eigenvalue weighted by atomic mass is 10.1. The number of allylic oxidation sites excluding steroid dienone is 1. The zero-order chi connectivity index (χ0) is 23.6. The SMILES string of the molecule is C=C1CC(S)C(=O)N1CCNC(=O)CCCCC(=O)N[C@@H](C)C(=O)N[C@@H](C)C(=O)CC. The van der Waals surface area contributed by atoms with E-state index in [0.717, 1.165) is 0 Å². The first-order valence-electron chi connectivity index (χ1n) is 10.6. The van der Waals surface area contributed by atoms with E-state index in [4.69, 9.17) is 0 Å². The van der Waals surface area contributed by atoms with E-state index >= 15 is 0 Å². The third-order valence-corrected chi connectivity index (χ3v) is 5.44. The van der Waals surface area contributed by atoms with Gasteiger partial charge in [-0.05, 0) is 26.7 Å². The minimum Gasteiger partial charge on any atom is -0.354 e. The molecule has 1 fully saturated rings. The molecule has 1 heterocycles. The van der Waals surface area contributed by atoms with E-state index in [1.165, 1.54) is 0 Å². The number of carbonyl (C=O) groups is 5. The van der Waals surface area contributed by atoms with Gasteiger partial charge in [0.15, 0.2) is 5.78 Å². The van der Waals surface area contributed by atoms with Crippen LogP contribution in [-0.4, -0.2) is 64.7 Å². The van der Waals surface area contributed by atoms with Crippen LogP contribution in [0.5, 0.6) is 0 Å². The van der Waals surface area contributed by atoms with Crippen molar-refractivity contribution in [3.8, 4) is 0 Å². The van der Waals surface area contributed by atoms with Crippen LogP contribution >= 0.6 is 12.6 Å². The normalized spacial score (nSPS) is 17.8. The van der Waals surface area contributed by atoms with Crippen LogP contribution in [0.4, 0.5) is 0 Å². The zero-order valence-corrected chi connectivity index (χ0v) is 19.4. The van der Waals surface area contributed by atoms with E-state index < -0.39 is 18.0 Å². The number of ketones is 1. The summed E-state index contributed by atoms with van der Waals surface area (Å²) in [5, 5.41) is 7.56. The lowest BCUT2D eigenvalue weighted by molar-refractivity contribution is -0.131. The van der Waals surface area contributed by atoms with Gasteiger partial charge in [-0.15, -0.1) is 0 Å². The molecule has 4 amide bonds. The highest BCUT2D eigenvalue weighted by Crippen LogP contribution is 2.24. The largest absolute Gasteiger partial charge is 0.354 e. The Morgan fingerprint density at radius 2 is 1.71 bits per heavy atom. The quantitative estimate of drug-likeness (QED) is 0.241. The summed E-state index contributed by atoms with van der Waals surface area (Å²) in [6.45, 7) is 9.42. The first kappa shape index (κ1) is 26.7. The van der Waals surface area contributed by atoms with Crippen LogP contribution in [0.25, 0.3) is 0 Å². The fraction of sp³-hybridized carbons (Fsp3) is 0.667. The highest BCUT2D eigenvalue weighted by molar-refractivity contribution is 7.81. The number of amides is 4. The Bertz CT molecular complexity index is 712. The topological polar surface area (TPSA) is 125 Å². The molecule has 0 radical (unpaired) electrons. The summed E-state index contributed by atoms with van der Waals surface area (Å²) in [5.41, 5.74) is 0.708. The molecule has 10 heteroatoms. The predicted molar refractivity (Wildman–Crippen MR) is 120 cm³/mol. The van der Waals surface area contributed by atoms with Crippen LogP contribution in [0.3, 0.4) is 0 Å². The van der Waals surface area contributed by atoms with Crippen LogP contribution < -0.4 is 16.0 Å². The molecule has 1 aliphatic rings. The third-order valence-electron chi connectivity index (χ3n) is 5.04. The van der Waals surface area contributed by atoms with Crippen LogP contribution in [0.2, 0.25) is 0 Å². The molecular formula is C21H34N4O5S. The fourth-order valence-electron chi connectivity index (χ4n) is 3.10. The van der Waals surface area contributed by atoms with Gasteiger partial charge in [-0.25, -0.2) is 0 Å². The minimum absolute atomic E-state index is 0.0759. The molecule has 174 valence electrons. The van der Waals surface area contributed by atoms with Crippen LogP contribution in [0.15, 0.2) is 12.3 Å². The first-order valence-corrected chi connectivity index (χ1v) is 11.1. The molecule has 0 bridgehead atoms. The van der Waals surface area contributed by atoms with E-state index in [2.05, 4.69) is 35.2 Å². The van der Waals surface area contributed by atoms with E-state index in [0.29, 0.717) is 44.5 Å². The van der Waals surface area contributed by atoms with Gasteiger partial charge in [-0.3, -0.25) is 24.0 Å². The molecule has 3 N–H and O–H groups in total. The molecule has 1 rings (SSSR count). The second kappa shape index (κ2) is 13.1. The van der Waals surface area contributed by atoms with Crippen molar-refractivity contribution in [2.24, 2.45) is 0 Å². The maximum atomic E-state index is 12.0. The number of carbonyl (C=O) groups excluding carboxylic acids is 5. The van der Waals surface area contributed by atoms with Gasteiger partial charge in [0.1, 0.15) is 6.04 Å². The number of rotatable bonds is 13. The summed E-state index contributed by atoms with van der Waals surface area (Å²) >= 11 is 4.19. The number of hydrogen-bond donors (Lipinski definition) is 4. The number of Topliss-reactive ketones (excluding diaryl/α,β-unsaturated/α-hetero) is 1. The van der Waals surface area contributed by atoms with Crippen molar-refractivity contribution in [2.45, 2.75) is 76.6 Å². The van der Waals surface area contributed by atoms with Crippen molar-refractivity contribution in [1.82, 2.24) is 20.9 Å². The van der Waals surface area contributed by atoms with Gasteiger partial charge in [0, 0.05) is 44.5 Å². The average molecular weight is 455 g/mol. The second-order valence-electron chi connectivity index (χ2n) is 7.67. The van der Waals surface area contributed by atoms with Crippen LogP contribution in [0.1, 0.15) is 59.3 Å². The summed E-state index contributed by atoms with van der Waals surface area (Å²) in [4.78, 5) is 60.9. The Balaban J connectivity index is 2.17. The van der Waals surface area contributed by atoms with Gasteiger partial charge in [0.25, 0.3) is 0 Å². The Morgan fingerprint density at radius 1 is 1.10 bits per heavy atom. The Kier molecular flexibility index (Phi) is 11.3. The Labute approximate surface area is 189 Å². The fourth-order valence-corrected chi connectivity index (χ4v) is 3.45. The van der Waals surface area contributed by atoms with Crippen molar-refractivity contribution in [1.29, 1.82) is 0 Å². The molecule has 1 saturated heterocycles. The maximum absolute atomic E-state index is 12.0. The Morgan fingerprint density at radius 3 is 2.26 bits per heavy atom. The first-order chi connectivity index (χ1) is 14.6. The number of likely N-dealkylation sites (tertiary alicyclic amines) is 1. The van der Waals surface area contributed by atoms with Gasteiger partial charge in [0.2, 0.25) is 23.6 Å². The van der Waals surface area contributed by atoms with Crippen molar-refractivity contribution in [3.05, 3.63) is 12.3 Å². The van der Waals surface area contributed by atoms with E-state index in [1.54, 1.807) is 25.7 Å². The standard InChI is InChI=1S/C21H34N4O5S/c1-5-16(26)14(3)24-20(29)15(4)23-19(28)9-7-6-8-18(27)22-10-11-25-13(2)12-17(31)21(25)30/h14-15,17,31H,2,5-12H2,1,3-4H3,(H,22,27)(H,23,28)(H,24,29)/t14-,15-,17?/m0/s1. The molecule has 0 aromatic carbocycles. The molecule has 0 aromatic rings. The number of thiol groups is 1. The van der Waals surface area contributed by atoms with Crippen molar-refractivity contribution in [2.75, 3.05) is 13.1 Å². The summed E-state index contributed by atoms with van der Waals surface area (Å²) in [7, 11) is 0. The summed E-state index contributed by atoms with van der Waals surface area (Å²) < 4.78 is 0. The summed E-state index contributed by atoms with van der Waals surface area (Å²) in [6.07, 6.45) is 2.34. The highest BCUT2D eigenvalue weighted by atomic mass is 32.1. The number of nitrogens with one attached hydrogen (secondary N) is 3. The van der Waals surface area contributed by atoms with E-state index in [9.17, 15) is 24.0 Å². The Hall–Kier alpha value is -2.36. The van der Waals surface area contributed by atoms with Gasteiger partial charge in [0.05, 0.1) is 11.3 Å². The van der Waals surface area contributed by atoms with Gasteiger partial charge in [-0.2, -0.15) is 12.6 Å². The predicted octanol–water partition coefficient (Wildman–Crippen LogP) is 0.696. The third kappa shape index (κ3) is 9.12. The maximum Gasteiger partial charge on any atom is 0.242 e. The molecule has 0 saturated carbocycles. The number of nitrogens with zero attached hydrogens (tertiary/aromatic N) is 1. The van der Waals surface area contributed by atoms with Gasteiger partial charge >= 0.3 is 0 Å². The lowest BCUT2D eigenvalue weighted by Crippen LogP contribution is -2.49. The molecule has 0 spiro atoms. The summed E-state index contributed by atoms with van der Waals surface area (Å²) in [6, 6.07) is -1.33. The molecule has 0 aromatic heterocycles. The monoisotopic (exact) mass is 454 g/mol. The molecule has 0 aliphatic carbocycles. The van der Waals surface area contributed by atoms with Crippen LogP contribution in [0, 0.1) is 0 Å². The zero-order valence-electron chi connectivity index (χ0n) is 18.5. The van der Waals surface area contributed by atoms with Crippen molar-refractivity contribution < 1.29 is 24.0 Å². The minimum atomic E-state index is -0.747. The van der Waals surface area contributed by atoms with Crippen molar-refractivity contribution in [3.63, 3.8) is 0 Å². The molecule has 1 aliphatic heterocycles. The summed E-state index contributed by atoms with van der Waals surface area (Å²) in [5.74, 6) is -1.02. The number of unbranched alkanes of at least 4 members (excludes halogenated alkanes) is 1. The second-order valence-corrected chi connectivity index (χ2v) is 8.30. The number of hydrogen-bond acceptors (Lipinski definition) is 6. The van der Waals surface area contributed by atoms with Crippen molar-refractivity contribution >= 4 is 42.0 Å². The van der Waals surface area contributed by atoms with Crippen LogP contribution in [-0.2, 0) is 24.0 Å².